The van der Waals surface area contributed by atoms with Gasteiger partial charge in [0.25, 0.3) is 11.6 Å². The first-order valence-electron chi connectivity index (χ1n) is 8.12. The number of nitro groups is 1. The zero-order valence-corrected chi connectivity index (χ0v) is 15.0. The molecule has 0 bridgehead atoms. The molecule has 0 radical (unpaired) electrons. The number of hydrogen-bond donors (Lipinski definition) is 1. The Morgan fingerprint density at radius 1 is 1.24 bits per heavy atom. The van der Waals surface area contributed by atoms with Crippen LogP contribution in [0.2, 0.25) is 0 Å². The molecule has 0 saturated carbocycles. The molecule has 0 saturated heterocycles. The van der Waals surface area contributed by atoms with Crippen LogP contribution in [0.15, 0.2) is 48.7 Å². The fraction of sp³-hybridized carbons (Fsp3) is 0.111. The van der Waals surface area contributed by atoms with Crippen LogP contribution in [0.5, 0.6) is 11.5 Å². The number of halogens is 2. The number of methoxy groups -OCH3 is 1. The average molecular weight is 404 g/mol. The van der Waals surface area contributed by atoms with E-state index in [-0.39, 0.29) is 35.3 Å². The Balaban J connectivity index is 1.68. The summed E-state index contributed by atoms with van der Waals surface area (Å²) in [5, 5.41) is 17.4. The molecule has 0 atom stereocenters. The minimum absolute atomic E-state index is 0.00125. The van der Waals surface area contributed by atoms with E-state index in [1.807, 2.05) is 0 Å². The van der Waals surface area contributed by atoms with Crippen LogP contribution in [0.4, 0.5) is 20.2 Å². The van der Waals surface area contributed by atoms with Gasteiger partial charge >= 0.3 is 0 Å². The number of aromatic nitrogens is 2. The first kappa shape index (κ1) is 19.7. The SMILES string of the molecule is COc1cc(NC(=O)c2ccn(COc3ccc(F)cc3F)n2)cc([N+](=O)[O-])c1. The summed E-state index contributed by atoms with van der Waals surface area (Å²) in [6, 6.07) is 8.07. The second-order valence-corrected chi connectivity index (χ2v) is 5.72. The van der Waals surface area contributed by atoms with Crippen molar-refractivity contribution in [1.82, 2.24) is 9.78 Å². The lowest BCUT2D eigenvalue weighted by molar-refractivity contribution is -0.384. The molecule has 0 unspecified atom stereocenters. The average Bonchev–Trinajstić information content (AvgIpc) is 3.16. The molecule has 1 heterocycles. The van der Waals surface area contributed by atoms with E-state index < -0.39 is 22.5 Å². The number of benzene rings is 2. The van der Waals surface area contributed by atoms with Crippen molar-refractivity contribution in [2.45, 2.75) is 6.73 Å². The summed E-state index contributed by atoms with van der Waals surface area (Å²) in [5.74, 6) is -2.19. The number of anilines is 1. The third-order valence-electron chi connectivity index (χ3n) is 3.72. The molecule has 150 valence electrons. The van der Waals surface area contributed by atoms with E-state index in [0.29, 0.717) is 6.07 Å². The van der Waals surface area contributed by atoms with Crippen LogP contribution in [0.25, 0.3) is 0 Å². The quantitative estimate of drug-likeness (QED) is 0.478. The Bertz CT molecular complexity index is 1070. The molecule has 11 heteroatoms. The molecule has 1 N–H and O–H groups in total. The van der Waals surface area contributed by atoms with Crippen molar-refractivity contribution in [3.05, 3.63) is 76.1 Å². The van der Waals surface area contributed by atoms with Gasteiger partial charge in [0.2, 0.25) is 0 Å². The summed E-state index contributed by atoms with van der Waals surface area (Å²) in [4.78, 5) is 22.7. The van der Waals surface area contributed by atoms with Crippen molar-refractivity contribution in [3.63, 3.8) is 0 Å². The summed E-state index contributed by atoms with van der Waals surface area (Å²) >= 11 is 0. The maximum Gasteiger partial charge on any atom is 0.276 e. The molecule has 3 aromatic rings. The maximum absolute atomic E-state index is 13.6. The number of nitro benzene ring substituents is 1. The molecule has 9 nitrogen and oxygen atoms in total. The summed E-state index contributed by atoms with van der Waals surface area (Å²) in [6.45, 7) is -0.222. The number of hydrogen-bond acceptors (Lipinski definition) is 6. The van der Waals surface area contributed by atoms with E-state index in [2.05, 4.69) is 10.4 Å². The third-order valence-corrected chi connectivity index (χ3v) is 3.72. The molecule has 0 aliphatic carbocycles. The highest BCUT2D eigenvalue weighted by molar-refractivity contribution is 6.03. The summed E-state index contributed by atoms with van der Waals surface area (Å²) < 4.78 is 37.9. The second kappa shape index (κ2) is 8.33. The van der Waals surface area contributed by atoms with Gasteiger partial charge in [-0.15, -0.1) is 0 Å². The molecule has 0 aliphatic rings. The maximum atomic E-state index is 13.6. The Labute approximate surface area is 162 Å². The fourth-order valence-electron chi connectivity index (χ4n) is 2.36. The highest BCUT2D eigenvalue weighted by Gasteiger charge is 2.15. The van der Waals surface area contributed by atoms with Crippen molar-refractivity contribution in [1.29, 1.82) is 0 Å². The minimum atomic E-state index is -0.866. The van der Waals surface area contributed by atoms with Crippen LogP contribution in [0.3, 0.4) is 0 Å². The van der Waals surface area contributed by atoms with Crippen molar-refractivity contribution in [2.75, 3.05) is 12.4 Å². The number of rotatable bonds is 7. The van der Waals surface area contributed by atoms with E-state index >= 15 is 0 Å². The van der Waals surface area contributed by atoms with Crippen LogP contribution in [0.1, 0.15) is 10.5 Å². The predicted molar refractivity (Wildman–Crippen MR) is 96.8 cm³/mol. The largest absolute Gasteiger partial charge is 0.496 e. The van der Waals surface area contributed by atoms with Gasteiger partial charge in [0, 0.05) is 24.4 Å². The molecule has 1 aromatic heterocycles. The number of carbonyl (C=O) groups is 1. The van der Waals surface area contributed by atoms with Crippen LogP contribution < -0.4 is 14.8 Å². The third kappa shape index (κ3) is 4.83. The predicted octanol–water partition coefficient (Wildman–Crippen LogP) is 3.37. The van der Waals surface area contributed by atoms with Gasteiger partial charge in [-0.25, -0.2) is 13.5 Å². The number of carbonyl (C=O) groups excluding carboxylic acids is 1. The Morgan fingerprint density at radius 2 is 2.03 bits per heavy atom. The number of nitrogens with zero attached hydrogens (tertiary/aromatic N) is 3. The van der Waals surface area contributed by atoms with Gasteiger partial charge in [-0.1, -0.05) is 0 Å². The standard InChI is InChI=1S/C18H14F2N4O5/c1-28-14-8-12(7-13(9-14)24(26)27)21-18(25)16-4-5-23(22-16)10-29-17-3-2-11(19)6-15(17)20/h2-9H,10H2,1H3,(H,21,25). The van der Waals surface area contributed by atoms with Crippen LogP contribution in [-0.2, 0) is 6.73 Å². The van der Waals surface area contributed by atoms with Crippen LogP contribution in [-0.4, -0.2) is 27.7 Å². The topological polar surface area (TPSA) is 109 Å². The summed E-state index contributed by atoms with van der Waals surface area (Å²) in [6.07, 6.45) is 1.42. The monoisotopic (exact) mass is 404 g/mol. The highest BCUT2D eigenvalue weighted by atomic mass is 19.1. The van der Waals surface area contributed by atoms with Crippen molar-refractivity contribution < 1.29 is 28.0 Å². The van der Waals surface area contributed by atoms with Crippen molar-refractivity contribution >= 4 is 17.3 Å². The highest BCUT2D eigenvalue weighted by Crippen LogP contribution is 2.26. The van der Waals surface area contributed by atoms with Gasteiger partial charge in [-0.3, -0.25) is 14.9 Å². The number of nitrogens with one attached hydrogen (secondary N) is 1. The van der Waals surface area contributed by atoms with Gasteiger partial charge in [-0.2, -0.15) is 5.10 Å². The molecule has 29 heavy (non-hydrogen) atoms. The summed E-state index contributed by atoms with van der Waals surface area (Å²) in [5.41, 5.74) is -0.0983. The number of amides is 1. The van der Waals surface area contributed by atoms with E-state index in [4.69, 9.17) is 9.47 Å². The lowest BCUT2D eigenvalue weighted by Crippen LogP contribution is -2.14. The molecular formula is C18H14F2N4O5. The molecular weight excluding hydrogens is 390 g/mol. The van der Waals surface area contributed by atoms with Gasteiger partial charge in [0.1, 0.15) is 11.6 Å². The smallest absolute Gasteiger partial charge is 0.276 e. The first-order chi connectivity index (χ1) is 13.9. The molecule has 0 spiro atoms. The van der Waals surface area contributed by atoms with Gasteiger partial charge in [0.15, 0.2) is 24.0 Å². The molecule has 0 fully saturated rings. The van der Waals surface area contributed by atoms with Gasteiger partial charge in [0.05, 0.1) is 23.8 Å². The normalized spacial score (nSPS) is 10.4. The van der Waals surface area contributed by atoms with Gasteiger partial charge < -0.3 is 14.8 Å². The summed E-state index contributed by atoms with van der Waals surface area (Å²) in [7, 11) is 1.34. The van der Waals surface area contributed by atoms with E-state index in [0.717, 1.165) is 12.1 Å². The first-order valence-corrected chi connectivity index (χ1v) is 8.12. The molecule has 0 aliphatic heterocycles. The Kier molecular flexibility index (Phi) is 5.67. The van der Waals surface area contributed by atoms with Gasteiger partial charge in [-0.05, 0) is 18.2 Å². The lowest BCUT2D eigenvalue weighted by atomic mass is 10.2. The second-order valence-electron chi connectivity index (χ2n) is 5.72. The van der Waals surface area contributed by atoms with E-state index in [1.165, 1.54) is 42.3 Å². The lowest BCUT2D eigenvalue weighted by Gasteiger charge is -2.07. The van der Waals surface area contributed by atoms with Crippen molar-refractivity contribution in [2.24, 2.45) is 0 Å². The molecule has 3 rings (SSSR count). The van der Waals surface area contributed by atoms with E-state index in [9.17, 15) is 23.7 Å². The minimum Gasteiger partial charge on any atom is -0.496 e. The number of non-ortho nitro benzene ring substituents is 1. The van der Waals surface area contributed by atoms with Crippen LogP contribution >= 0.6 is 0 Å². The Morgan fingerprint density at radius 3 is 2.72 bits per heavy atom. The zero-order chi connectivity index (χ0) is 21.0. The molecule has 1 amide bonds. The van der Waals surface area contributed by atoms with Crippen LogP contribution in [0, 0.1) is 21.7 Å². The molecule has 2 aromatic carbocycles. The fourth-order valence-corrected chi connectivity index (χ4v) is 2.36. The number of ether oxygens (including phenoxy) is 2. The van der Waals surface area contributed by atoms with Crippen molar-refractivity contribution in [3.8, 4) is 11.5 Å². The Hall–Kier alpha value is -4.02. The van der Waals surface area contributed by atoms with E-state index in [1.54, 1.807) is 0 Å². The zero-order valence-electron chi connectivity index (χ0n) is 15.0.